The molecule has 0 aromatic carbocycles. The monoisotopic (exact) mass is 191 g/mol. The molecule has 0 saturated heterocycles. The number of fused-ring (bicyclic) bond motifs is 1. The number of hydrogen-bond acceptors (Lipinski definition) is 2. The van der Waals surface area contributed by atoms with E-state index in [-0.39, 0.29) is 0 Å². The van der Waals surface area contributed by atoms with Gasteiger partial charge in [0, 0.05) is 18.2 Å². The van der Waals surface area contributed by atoms with Gasteiger partial charge in [0.05, 0.1) is 12.2 Å². The predicted molar refractivity (Wildman–Crippen MR) is 58.1 cm³/mol. The van der Waals surface area contributed by atoms with Gasteiger partial charge in [-0.15, -0.1) is 0 Å². The molecule has 0 bridgehead atoms. The Morgan fingerprint density at radius 3 is 3.14 bits per heavy atom. The molecular formula is C11H17N3. The molecule has 0 aliphatic carbocycles. The molecule has 1 aliphatic rings. The Hall–Kier alpha value is -1.12. The molecule has 2 unspecified atom stereocenters. The molecule has 0 amide bonds. The Bertz CT molecular complexity index is 351. The number of nitrogens with zero attached hydrogens (tertiary/aromatic N) is 3. The average Bonchev–Trinajstić information content (AvgIpc) is 2.64. The minimum Gasteiger partial charge on any atom is -0.245 e. The smallest absolute Gasteiger partial charge is 0.150 e. The van der Waals surface area contributed by atoms with Crippen molar-refractivity contribution in [3.8, 4) is 0 Å². The fourth-order valence-electron chi connectivity index (χ4n) is 1.86. The van der Waals surface area contributed by atoms with Gasteiger partial charge in [0.1, 0.15) is 0 Å². The summed E-state index contributed by atoms with van der Waals surface area (Å²) in [5.74, 6) is 1.61. The molecule has 2 heterocycles. The summed E-state index contributed by atoms with van der Waals surface area (Å²) in [6.07, 6.45) is 4.04. The minimum atomic E-state index is 0.460. The van der Waals surface area contributed by atoms with Crippen LogP contribution in [0.15, 0.2) is 17.3 Å². The lowest BCUT2D eigenvalue weighted by atomic mass is 9.96. The third kappa shape index (κ3) is 1.47. The van der Waals surface area contributed by atoms with Crippen LogP contribution in [0.2, 0.25) is 0 Å². The Morgan fingerprint density at radius 1 is 1.64 bits per heavy atom. The molecule has 1 aliphatic heterocycles. The normalized spacial score (nSPS) is 22.8. The van der Waals surface area contributed by atoms with E-state index in [4.69, 9.17) is 0 Å². The first kappa shape index (κ1) is 9.44. The second-order valence-electron chi connectivity index (χ2n) is 4.10. The Labute approximate surface area is 84.8 Å². The van der Waals surface area contributed by atoms with Crippen LogP contribution >= 0.6 is 0 Å². The van der Waals surface area contributed by atoms with Crippen LogP contribution in [-0.4, -0.2) is 15.5 Å². The van der Waals surface area contributed by atoms with Crippen LogP contribution in [0.3, 0.4) is 0 Å². The number of hydrogen-bond donors (Lipinski definition) is 0. The highest BCUT2D eigenvalue weighted by Crippen LogP contribution is 2.28. The molecule has 1 aromatic heterocycles. The lowest BCUT2D eigenvalue weighted by Gasteiger charge is -2.23. The van der Waals surface area contributed by atoms with E-state index in [1.807, 2.05) is 16.9 Å². The molecule has 3 heteroatoms. The highest BCUT2D eigenvalue weighted by molar-refractivity contribution is 5.89. The van der Waals surface area contributed by atoms with Gasteiger partial charge in [0.15, 0.2) is 5.82 Å². The summed E-state index contributed by atoms with van der Waals surface area (Å²) >= 11 is 0. The van der Waals surface area contributed by atoms with E-state index in [1.165, 1.54) is 12.1 Å². The van der Waals surface area contributed by atoms with Crippen molar-refractivity contribution in [2.75, 3.05) is 0 Å². The fourth-order valence-corrected chi connectivity index (χ4v) is 1.86. The fraction of sp³-hybridized carbons (Fsp3) is 0.636. The van der Waals surface area contributed by atoms with Crippen LogP contribution < -0.4 is 0 Å². The minimum absolute atomic E-state index is 0.460. The van der Waals surface area contributed by atoms with Crippen molar-refractivity contribution in [2.45, 2.75) is 39.7 Å². The van der Waals surface area contributed by atoms with Gasteiger partial charge in [-0.25, -0.2) is 9.67 Å². The molecule has 0 spiro atoms. The van der Waals surface area contributed by atoms with Crippen molar-refractivity contribution in [1.29, 1.82) is 0 Å². The molecular weight excluding hydrogens is 174 g/mol. The first-order valence-electron chi connectivity index (χ1n) is 5.33. The van der Waals surface area contributed by atoms with Crippen LogP contribution in [0.5, 0.6) is 0 Å². The molecule has 1 aromatic rings. The summed E-state index contributed by atoms with van der Waals surface area (Å²) in [6.45, 7) is 6.66. The Kier molecular flexibility index (Phi) is 2.40. The highest BCUT2D eigenvalue weighted by Gasteiger charge is 2.21. The molecule has 76 valence electrons. The molecule has 3 nitrogen and oxygen atoms in total. The van der Waals surface area contributed by atoms with Crippen LogP contribution in [0.1, 0.15) is 39.7 Å². The first-order chi connectivity index (χ1) is 6.72. The second-order valence-corrected chi connectivity index (χ2v) is 4.10. The number of aliphatic imine (C=N–C) groups is 1. The molecule has 0 fully saturated rings. The van der Waals surface area contributed by atoms with Gasteiger partial charge < -0.3 is 0 Å². The molecule has 2 rings (SSSR count). The van der Waals surface area contributed by atoms with Gasteiger partial charge in [-0.3, -0.25) is 0 Å². The van der Waals surface area contributed by atoms with Crippen LogP contribution in [0, 0.1) is 5.92 Å². The average molecular weight is 191 g/mol. The van der Waals surface area contributed by atoms with Gasteiger partial charge in [-0.2, -0.15) is 5.10 Å². The van der Waals surface area contributed by atoms with Gasteiger partial charge in [0.25, 0.3) is 0 Å². The van der Waals surface area contributed by atoms with Crippen LogP contribution in [-0.2, 0) is 0 Å². The zero-order valence-corrected chi connectivity index (χ0v) is 9.07. The van der Waals surface area contributed by atoms with Gasteiger partial charge in [-0.1, -0.05) is 13.8 Å². The Morgan fingerprint density at radius 2 is 2.43 bits per heavy atom. The zero-order chi connectivity index (χ0) is 10.1. The van der Waals surface area contributed by atoms with Gasteiger partial charge in [0.2, 0.25) is 0 Å². The van der Waals surface area contributed by atoms with Crippen molar-refractivity contribution < 1.29 is 0 Å². The van der Waals surface area contributed by atoms with Crippen molar-refractivity contribution in [1.82, 2.24) is 9.78 Å². The molecule has 14 heavy (non-hydrogen) atoms. The lowest BCUT2D eigenvalue weighted by Crippen LogP contribution is -2.21. The molecule has 0 radical (unpaired) electrons. The van der Waals surface area contributed by atoms with Crippen molar-refractivity contribution in [3.05, 3.63) is 12.3 Å². The number of rotatable bonds is 2. The van der Waals surface area contributed by atoms with Crippen molar-refractivity contribution in [2.24, 2.45) is 10.9 Å². The van der Waals surface area contributed by atoms with E-state index >= 15 is 0 Å². The lowest BCUT2D eigenvalue weighted by molar-refractivity contribution is 0.489. The van der Waals surface area contributed by atoms with Crippen molar-refractivity contribution in [3.63, 3.8) is 0 Å². The van der Waals surface area contributed by atoms with Crippen molar-refractivity contribution >= 4 is 11.5 Å². The topological polar surface area (TPSA) is 30.2 Å². The summed E-state index contributed by atoms with van der Waals surface area (Å²) in [7, 11) is 0. The molecule has 2 atom stereocenters. The highest BCUT2D eigenvalue weighted by atomic mass is 15.3. The SMILES string of the molecule is CCC(C)C1=Nc2ccnn2C(C)C1. The van der Waals surface area contributed by atoms with E-state index in [0.717, 1.165) is 12.2 Å². The number of aromatic nitrogens is 2. The maximum atomic E-state index is 4.64. The second kappa shape index (κ2) is 3.56. The summed E-state index contributed by atoms with van der Waals surface area (Å²) in [4.78, 5) is 4.64. The Balaban J connectivity index is 2.33. The standard InChI is InChI=1S/C11H17N3/c1-4-8(2)10-7-9(3)14-11(13-10)5-6-12-14/h5-6,8-9H,4,7H2,1-3H3. The molecule has 0 N–H and O–H groups in total. The summed E-state index contributed by atoms with van der Waals surface area (Å²) in [5, 5.41) is 4.27. The van der Waals surface area contributed by atoms with Crippen LogP contribution in [0.4, 0.5) is 5.82 Å². The third-order valence-corrected chi connectivity index (χ3v) is 3.01. The summed E-state index contributed by atoms with van der Waals surface area (Å²) in [6, 6.07) is 2.44. The van der Waals surface area contributed by atoms with E-state index < -0.39 is 0 Å². The van der Waals surface area contributed by atoms with E-state index in [2.05, 4.69) is 30.9 Å². The zero-order valence-electron chi connectivity index (χ0n) is 9.07. The summed E-state index contributed by atoms with van der Waals surface area (Å²) in [5.41, 5.74) is 1.33. The van der Waals surface area contributed by atoms with Gasteiger partial charge in [-0.05, 0) is 19.3 Å². The predicted octanol–water partition coefficient (Wildman–Crippen LogP) is 2.97. The van der Waals surface area contributed by atoms with E-state index in [1.54, 1.807) is 0 Å². The largest absolute Gasteiger partial charge is 0.245 e. The van der Waals surface area contributed by atoms with Crippen LogP contribution in [0.25, 0.3) is 0 Å². The van der Waals surface area contributed by atoms with E-state index in [0.29, 0.717) is 12.0 Å². The first-order valence-corrected chi connectivity index (χ1v) is 5.33. The van der Waals surface area contributed by atoms with E-state index in [9.17, 15) is 0 Å². The quantitative estimate of drug-likeness (QED) is 0.706. The third-order valence-electron chi connectivity index (χ3n) is 3.01. The van der Waals surface area contributed by atoms with Gasteiger partial charge >= 0.3 is 0 Å². The molecule has 0 saturated carbocycles. The maximum Gasteiger partial charge on any atom is 0.150 e. The summed E-state index contributed by atoms with van der Waals surface area (Å²) < 4.78 is 2.01. The maximum absolute atomic E-state index is 4.64.